The van der Waals surface area contributed by atoms with E-state index in [4.69, 9.17) is 9.47 Å². The summed E-state index contributed by atoms with van der Waals surface area (Å²) in [6.07, 6.45) is 7.89. The van der Waals surface area contributed by atoms with E-state index in [-0.39, 0.29) is 0 Å². The molecule has 0 aliphatic rings. The van der Waals surface area contributed by atoms with Gasteiger partial charge in [-0.1, -0.05) is 51.7 Å². The number of rotatable bonds is 13. The van der Waals surface area contributed by atoms with Gasteiger partial charge in [-0.25, -0.2) is 0 Å². The summed E-state index contributed by atoms with van der Waals surface area (Å²) < 4.78 is 11.6. The molecule has 3 rings (SSSR count). The molecule has 0 saturated carbocycles. The van der Waals surface area contributed by atoms with Crippen molar-refractivity contribution in [2.45, 2.75) is 58.8 Å². The molecule has 0 saturated heterocycles. The molecule has 1 N–H and O–H groups in total. The Balaban J connectivity index is 1.51. The van der Waals surface area contributed by atoms with Crippen LogP contribution < -0.4 is 9.47 Å². The maximum absolute atomic E-state index is 5.79. The normalized spacial score (nSPS) is 10.9. The van der Waals surface area contributed by atoms with E-state index in [0.717, 1.165) is 60.9 Å². The van der Waals surface area contributed by atoms with Crippen molar-refractivity contribution < 1.29 is 9.47 Å². The molecule has 0 spiro atoms. The van der Waals surface area contributed by atoms with Crippen molar-refractivity contribution in [1.29, 1.82) is 0 Å². The van der Waals surface area contributed by atoms with Gasteiger partial charge in [0.15, 0.2) is 0 Å². The minimum atomic E-state index is 0.780. The van der Waals surface area contributed by atoms with Gasteiger partial charge in [0.25, 0.3) is 0 Å². The molecule has 2 aromatic carbocycles. The summed E-state index contributed by atoms with van der Waals surface area (Å²) in [6.45, 7) is 5.97. The smallest absolute Gasteiger partial charge is 0.119 e. The van der Waals surface area contributed by atoms with Crippen molar-refractivity contribution in [1.82, 2.24) is 10.2 Å². The van der Waals surface area contributed by atoms with Crippen molar-refractivity contribution >= 4 is 0 Å². The second kappa shape index (κ2) is 12.1. The molecule has 0 amide bonds. The van der Waals surface area contributed by atoms with E-state index in [0.29, 0.717) is 0 Å². The SMILES string of the molecule is CCCCCOc1ccc(Cc2cc(-c3ccc(OCCCCC)cc3)n[nH]2)cc1. The Hall–Kier alpha value is -2.75. The van der Waals surface area contributed by atoms with Crippen LogP contribution in [0.25, 0.3) is 11.3 Å². The molecule has 4 heteroatoms. The zero-order valence-corrected chi connectivity index (χ0v) is 18.3. The number of ether oxygens (including phenoxy) is 2. The van der Waals surface area contributed by atoms with Crippen LogP contribution in [0.15, 0.2) is 54.6 Å². The largest absolute Gasteiger partial charge is 0.494 e. The van der Waals surface area contributed by atoms with Gasteiger partial charge in [-0.15, -0.1) is 0 Å². The van der Waals surface area contributed by atoms with Crippen LogP contribution in [-0.2, 0) is 6.42 Å². The predicted molar refractivity (Wildman–Crippen MR) is 123 cm³/mol. The van der Waals surface area contributed by atoms with Crippen LogP contribution in [0.4, 0.5) is 0 Å². The molecule has 0 unspecified atom stereocenters. The molecule has 0 fully saturated rings. The number of H-pyrrole nitrogens is 1. The van der Waals surface area contributed by atoms with Crippen LogP contribution in [0.1, 0.15) is 63.6 Å². The van der Waals surface area contributed by atoms with E-state index in [2.05, 4.69) is 66.5 Å². The van der Waals surface area contributed by atoms with E-state index in [1.807, 2.05) is 12.1 Å². The summed E-state index contributed by atoms with van der Waals surface area (Å²) in [5, 5.41) is 7.65. The lowest BCUT2D eigenvalue weighted by Crippen LogP contribution is -1.97. The first-order chi connectivity index (χ1) is 14.8. The summed E-state index contributed by atoms with van der Waals surface area (Å²) >= 11 is 0. The Morgan fingerprint density at radius 3 is 1.87 bits per heavy atom. The zero-order valence-electron chi connectivity index (χ0n) is 18.3. The number of unbranched alkanes of at least 4 members (excludes halogenated alkanes) is 4. The van der Waals surface area contributed by atoms with E-state index >= 15 is 0 Å². The maximum atomic E-state index is 5.79. The average Bonchev–Trinajstić information content (AvgIpc) is 3.24. The predicted octanol–water partition coefficient (Wildman–Crippen LogP) is 6.81. The summed E-state index contributed by atoms with van der Waals surface area (Å²) in [5.74, 6) is 1.86. The van der Waals surface area contributed by atoms with Crippen LogP contribution in [0.2, 0.25) is 0 Å². The van der Waals surface area contributed by atoms with E-state index < -0.39 is 0 Å². The Bertz CT molecular complexity index is 853. The van der Waals surface area contributed by atoms with Crippen molar-refractivity contribution in [3.63, 3.8) is 0 Å². The van der Waals surface area contributed by atoms with Crippen molar-refractivity contribution in [2.24, 2.45) is 0 Å². The highest BCUT2D eigenvalue weighted by Crippen LogP contribution is 2.23. The number of nitrogens with one attached hydrogen (secondary N) is 1. The lowest BCUT2D eigenvalue weighted by Gasteiger charge is -2.06. The monoisotopic (exact) mass is 406 g/mol. The first-order valence-electron chi connectivity index (χ1n) is 11.3. The third-order valence-corrected chi connectivity index (χ3v) is 5.13. The highest BCUT2D eigenvalue weighted by molar-refractivity contribution is 5.60. The lowest BCUT2D eigenvalue weighted by molar-refractivity contribution is 0.306. The van der Waals surface area contributed by atoms with Gasteiger partial charge in [-0.3, -0.25) is 5.10 Å². The highest BCUT2D eigenvalue weighted by atomic mass is 16.5. The number of hydrogen-bond acceptors (Lipinski definition) is 3. The Labute approximate surface area is 180 Å². The molecule has 1 heterocycles. The molecule has 160 valence electrons. The Morgan fingerprint density at radius 1 is 0.733 bits per heavy atom. The molecule has 4 nitrogen and oxygen atoms in total. The summed E-state index contributed by atoms with van der Waals surface area (Å²) in [5.41, 5.74) is 4.39. The topological polar surface area (TPSA) is 47.1 Å². The van der Waals surface area contributed by atoms with Gasteiger partial charge >= 0.3 is 0 Å². The summed E-state index contributed by atoms with van der Waals surface area (Å²) in [4.78, 5) is 0. The van der Waals surface area contributed by atoms with Crippen LogP contribution in [0.3, 0.4) is 0 Å². The van der Waals surface area contributed by atoms with Gasteiger partial charge in [0, 0.05) is 17.7 Å². The molecule has 0 radical (unpaired) electrons. The molecule has 0 atom stereocenters. The molecule has 0 aliphatic heterocycles. The van der Waals surface area contributed by atoms with Gasteiger partial charge in [0.2, 0.25) is 0 Å². The van der Waals surface area contributed by atoms with E-state index in [1.165, 1.54) is 31.2 Å². The zero-order chi connectivity index (χ0) is 21.0. The number of aromatic nitrogens is 2. The fraction of sp³-hybridized carbons (Fsp3) is 0.423. The van der Waals surface area contributed by atoms with Crippen LogP contribution in [0.5, 0.6) is 11.5 Å². The van der Waals surface area contributed by atoms with Crippen LogP contribution >= 0.6 is 0 Å². The third kappa shape index (κ3) is 6.94. The maximum Gasteiger partial charge on any atom is 0.119 e. The van der Waals surface area contributed by atoms with Crippen molar-refractivity contribution in [3.05, 3.63) is 65.9 Å². The van der Waals surface area contributed by atoms with Gasteiger partial charge in [0.05, 0.1) is 18.9 Å². The molecule has 30 heavy (non-hydrogen) atoms. The minimum Gasteiger partial charge on any atom is -0.494 e. The Kier molecular flexibility index (Phi) is 8.82. The number of aromatic amines is 1. The Morgan fingerprint density at radius 2 is 1.30 bits per heavy atom. The van der Waals surface area contributed by atoms with Gasteiger partial charge in [0.1, 0.15) is 11.5 Å². The summed E-state index contributed by atoms with van der Waals surface area (Å²) in [6, 6.07) is 18.7. The lowest BCUT2D eigenvalue weighted by atomic mass is 10.1. The minimum absolute atomic E-state index is 0.780. The third-order valence-electron chi connectivity index (χ3n) is 5.13. The first-order valence-corrected chi connectivity index (χ1v) is 11.3. The molecular weight excluding hydrogens is 372 g/mol. The van der Waals surface area contributed by atoms with Crippen LogP contribution in [-0.4, -0.2) is 23.4 Å². The quantitative estimate of drug-likeness (QED) is 0.317. The van der Waals surface area contributed by atoms with E-state index in [1.54, 1.807) is 0 Å². The molecule has 3 aromatic rings. The van der Waals surface area contributed by atoms with Crippen molar-refractivity contribution in [2.75, 3.05) is 13.2 Å². The van der Waals surface area contributed by atoms with Crippen LogP contribution in [0, 0.1) is 0 Å². The average molecular weight is 407 g/mol. The second-order valence-electron chi connectivity index (χ2n) is 7.73. The molecule has 0 aliphatic carbocycles. The molecule has 1 aromatic heterocycles. The second-order valence-corrected chi connectivity index (χ2v) is 7.73. The standard InChI is InChI=1S/C26H34N2O2/c1-3-5-7-17-29-24-13-9-21(10-14-24)19-23-20-26(28-27-23)22-11-15-25(16-12-22)30-18-8-6-4-2/h9-16,20H,3-8,17-19H2,1-2H3,(H,27,28). The van der Waals surface area contributed by atoms with Crippen molar-refractivity contribution in [3.8, 4) is 22.8 Å². The molecular formula is C26H34N2O2. The van der Waals surface area contributed by atoms with Gasteiger partial charge in [-0.2, -0.15) is 5.10 Å². The van der Waals surface area contributed by atoms with E-state index in [9.17, 15) is 0 Å². The molecule has 0 bridgehead atoms. The first kappa shape index (κ1) is 21.9. The number of hydrogen-bond donors (Lipinski definition) is 1. The fourth-order valence-corrected chi connectivity index (χ4v) is 3.33. The fourth-order valence-electron chi connectivity index (χ4n) is 3.33. The number of benzene rings is 2. The van der Waals surface area contributed by atoms with Gasteiger partial charge < -0.3 is 9.47 Å². The highest BCUT2D eigenvalue weighted by Gasteiger charge is 2.06. The summed E-state index contributed by atoms with van der Waals surface area (Å²) in [7, 11) is 0. The number of nitrogens with zero attached hydrogens (tertiary/aromatic N) is 1. The van der Waals surface area contributed by atoms with Gasteiger partial charge in [-0.05, 0) is 60.9 Å².